The number of methoxy groups -OCH3 is 1. The molecule has 1 atom stereocenters. The molecule has 0 aliphatic carbocycles. The monoisotopic (exact) mass is 290 g/mol. The van der Waals surface area contributed by atoms with Gasteiger partial charge in [-0.05, 0) is 30.5 Å². The Morgan fingerprint density at radius 1 is 1.28 bits per heavy atom. The van der Waals surface area contributed by atoms with Gasteiger partial charge in [-0.1, -0.05) is 19.1 Å². The molecule has 18 heavy (non-hydrogen) atoms. The molecule has 3 nitrogen and oxygen atoms in total. The van der Waals surface area contributed by atoms with Crippen LogP contribution in [0.3, 0.4) is 0 Å². The van der Waals surface area contributed by atoms with Gasteiger partial charge in [0.05, 0.1) is 22.6 Å². The van der Waals surface area contributed by atoms with Crippen LogP contribution >= 0.6 is 11.6 Å². The fourth-order valence-corrected chi connectivity index (χ4v) is 3.34. The van der Waals surface area contributed by atoms with E-state index in [0.717, 1.165) is 5.56 Å². The number of alkyl halides is 1. The first-order valence-electron chi connectivity index (χ1n) is 5.94. The van der Waals surface area contributed by atoms with E-state index in [1.807, 2.05) is 19.1 Å². The minimum absolute atomic E-state index is 0.0897. The molecule has 102 valence electrons. The van der Waals surface area contributed by atoms with Crippen molar-refractivity contribution in [3.05, 3.63) is 29.8 Å². The van der Waals surface area contributed by atoms with E-state index < -0.39 is 9.84 Å². The standard InChI is InChI=1S/C13H19ClO3S/c1-3-8-18(15,16)13-6-4-11(5-7-13)9-12(14)10-17-2/h4-7,12H,3,8-10H2,1-2H3. The Kier molecular flexibility index (Phi) is 6.12. The molecule has 1 rings (SSSR count). The first-order valence-corrected chi connectivity index (χ1v) is 8.03. The molecule has 1 unspecified atom stereocenters. The van der Waals surface area contributed by atoms with Crippen LogP contribution in [0.5, 0.6) is 0 Å². The molecule has 0 aromatic heterocycles. The van der Waals surface area contributed by atoms with Gasteiger partial charge in [-0.25, -0.2) is 8.42 Å². The molecule has 1 aromatic rings. The van der Waals surface area contributed by atoms with Gasteiger partial charge in [0.15, 0.2) is 9.84 Å². The van der Waals surface area contributed by atoms with Crippen molar-refractivity contribution in [1.29, 1.82) is 0 Å². The Bertz CT molecular complexity index is 454. The van der Waals surface area contributed by atoms with E-state index >= 15 is 0 Å². The van der Waals surface area contributed by atoms with E-state index in [1.54, 1.807) is 19.2 Å². The molecule has 0 heterocycles. The highest BCUT2D eigenvalue weighted by Crippen LogP contribution is 2.15. The minimum Gasteiger partial charge on any atom is -0.383 e. The zero-order valence-corrected chi connectivity index (χ0v) is 12.3. The summed E-state index contributed by atoms with van der Waals surface area (Å²) in [5.74, 6) is 0.189. The lowest BCUT2D eigenvalue weighted by atomic mass is 10.1. The summed E-state index contributed by atoms with van der Waals surface area (Å²) in [4.78, 5) is 0.381. The van der Waals surface area contributed by atoms with Crippen molar-refractivity contribution in [2.45, 2.75) is 30.0 Å². The van der Waals surface area contributed by atoms with Crippen LogP contribution in [0.25, 0.3) is 0 Å². The quantitative estimate of drug-likeness (QED) is 0.725. The number of ether oxygens (including phenoxy) is 1. The zero-order chi connectivity index (χ0) is 13.6. The van der Waals surface area contributed by atoms with Gasteiger partial charge < -0.3 is 4.74 Å². The van der Waals surface area contributed by atoms with E-state index in [0.29, 0.717) is 24.3 Å². The van der Waals surface area contributed by atoms with Crippen LogP contribution in [0.2, 0.25) is 0 Å². The molecule has 0 saturated heterocycles. The lowest BCUT2D eigenvalue weighted by Gasteiger charge is -2.09. The highest BCUT2D eigenvalue weighted by molar-refractivity contribution is 7.91. The molecule has 5 heteroatoms. The summed E-state index contributed by atoms with van der Waals surface area (Å²) < 4.78 is 28.6. The second-order valence-electron chi connectivity index (χ2n) is 4.22. The maximum atomic E-state index is 11.8. The number of rotatable bonds is 7. The summed E-state index contributed by atoms with van der Waals surface area (Å²) in [6, 6.07) is 6.93. The van der Waals surface area contributed by atoms with Gasteiger partial charge in [0.25, 0.3) is 0 Å². The van der Waals surface area contributed by atoms with Gasteiger partial charge in [-0.2, -0.15) is 0 Å². The first kappa shape index (κ1) is 15.5. The Morgan fingerprint density at radius 3 is 2.39 bits per heavy atom. The van der Waals surface area contributed by atoms with Crippen LogP contribution in [0.15, 0.2) is 29.2 Å². The summed E-state index contributed by atoms with van der Waals surface area (Å²) in [6.07, 6.45) is 1.30. The maximum absolute atomic E-state index is 11.8. The van der Waals surface area contributed by atoms with Gasteiger partial charge in [0.2, 0.25) is 0 Å². The molecule has 0 radical (unpaired) electrons. The number of benzene rings is 1. The van der Waals surface area contributed by atoms with Gasteiger partial charge in [-0.15, -0.1) is 11.6 Å². The van der Waals surface area contributed by atoms with Gasteiger partial charge in [0.1, 0.15) is 0 Å². The van der Waals surface area contributed by atoms with Crippen molar-refractivity contribution >= 4 is 21.4 Å². The van der Waals surface area contributed by atoms with Crippen LogP contribution < -0.4 is 0 Å². The second-order valence-corrected chi connectivity index (χ2v) is 6.95. The lowest BCUT2D eigenvalue weighted by molar-refractivity contribution is 0.197. The highest BCUT2D eigenvalue weighted by Gasteiger charge is 2.13. The number of halogens is 1. The predicted octanol–water partition coefficient (Wildman–Crippen LogP) is 2.67. The van der Waals surface area contributed by atoms with Crippen LogP contribution in [0.4, 0.5) is 0 Å². The van der Waals surface area contributed by atoms with Crippen molar-refractivity contribution < 1.29 is 13.2 Å². The molecule has 0 amide bonds. The fourth-order valence-electron chi connectivity index (χ4n) is 1.71. The SMILES string of the molecule is CCCS(=O)(=O)c1ccc(CC(Cl)COC)cc1. The van der Waals surface area contributed by atoms with E-state index in [1.165, 1.54) is 0 Å². The predicted molar refractivity (Wildman–Crippen MR) is 74.0 cm³/mol. The van der Waals surface area contributed by atoms with Crippen molar-refractivity contribution in [3.63, 3.8) is 0 Å². The summed E-state index contributed by atoms with van der Waals surface area (Å²) in [7, 11) is -1.52. The van der Waals surface area contributed by atoms with Crippen LogP contribution in [-0.4, -0.2) is 33.3 Å². The molecule has 0 spiro atoms. The zero-order valence-electron chi connectivity index (χ0n) is 10.7. The van der Waals surface area contributed by atoms with Crippen LogP contribution in [0, 0.1) is 0 Å². The molecular formula is C13H19ClO3S. The maximum Gasteiger partial charge on any atom is 0.178 e. The molecule has 0 aliphatic rings. The van der Waals surface area contributed by atoms with Crippen molar-refractivity contribution in [2.75, 3.05) is 19.5 Å². The third-order valence-corrected chi connectivity index (χ3v) is 4.78. The second kappa shape index (κ2) is 7.12. The lowest BCUT2D eigenvalue weighted by Crippen LogP contribution is -2.11. The third kappa shape index (κ3) is 4.59. The summed E-state index contributed by atoms with van der Waals surface area (Å²) in [6.45, 7) is 2.34. The Morgan fingerprint density at radius 2 is 1.89 bits per heavy atom. The van der Waals surface area contributed by atoms with E-state index in [4.69, 9.17) is 16.3 Å². The Hall–Kier alpha value is -0.580. The van der Waals surface area contributed by atoms with Crippen molar-refractivity contribution in [2.24, 2.45) is 0 Å². The van der Waals surface area contributed by atoms with Crippen LogP contribution in [0.1, 0.15) is 18.9 Å². The van der Waals surface area contributed by atoms with E-state index in [2.05, 4.69) is 0 Å². The molecule has 0 saturated carbocycles. The van der Waals surface area contributed by atoms with Crippen molar-refractivity contribution in [1.82, 2.24) is 0 Å². The molecular weight excluding hydrogens is 272 g/mol. The fraction of sp³-hybridized carbons (Fsp3) is 0.538. The summed E-state index contributed by atoms with van der Waals surface area (Å²) in [5.41, 5.74) is 1.02. The molecule has 0 fully saturated rings. The first-order chi connectivity index (χ1) is 8.49. The average Bonchev–Trinajstić information content (AvgIpc) is 2.30. The van der Waals surface area contributed by atoms with Gasteiger partial charge in [0, 0.05) is 7.11 Å². The molecule has 0 aliphatic heterocycles. The normalized spacial score (nSPS) is 13.5. The summed E-state index contributed by atoms with van der Waals surface area (Å²) >= 11 is 6.05. The number of hydrogen-bond acceptors (Lipinski definition) is 3. The van der Waals surface area contributed by atoms with E-state index in [9.17, 15) is 8.42 Å². The number of sulfone groups is 1. The Balaban J connectivity index is 2.74. The highest BCUT2D eigenvalue weighted by atomic mass is 35.5. The molecule has 0 bridgehead atoms. The van der Waals surface area contributed by atoms with Crippen LogP contribution in [-0.2, 0) is 21.0 Å². The number of hydrogen-bond donors (Lipinski definition) is 0. The van der Waals surface area contributed by atoms with Gasteiger partial charge >= 0.3 is 0 Å². The molecule has 1 aromatic carbocycles. The minimum atomic E-state index is -3.12. The topological polar surface area (TPSA) is 43.4 Å². The average molecular weight is 291 g/mol. The van der Waals surface area contributed by atoms with Crippen molar-refractivity contribution in [3.8, 4) is 0 Å². The molecule has 0 N–H and O–H groups in total. The van der Waals surface area contributed by atoms with E-state index in [-0.39, 0.29) is 11.1 Å². The summed E-state index contributed by atoms with van der Waals surface area (Å²) in [5, 5.41) is -0.0897. The Labute approximate surface area is 114 Å². The third-order valence-electron chi connectivity index (χ3n) is 2.56. The smallest absolute Gasteiger partial charge is 0.178 e. The van der Waals surface area contributed by atoms with Gasteiger partial charge in [-0.3, -0.25) is 0 Å². The largest absolute Gasteiger partial charge is 0.383 e.